The molecule has 1 fully saturated rings. The van der Waals surface area contributed by atoms with Crippen molar-refractivity contribution in [3.63, 3.8) is 0 Å². The van der Waals surface area contributed by atoms with Gasteiger partial charge in [0.15, 0.2) is 11.5 Å². The molecule has 5 aromatic rings. The average molecular weight is 543 g/mol. The van der Waals surface area contributed by atoms with Crippen LogP contribution in [-0.4, -0.2) is 54.0 Å². The van der Waals surface area contributed by atoms with Crippen LogP contribution in [0.15, 0.2) is 48.9 Å². The monoisotopic (exact) mass is 542 g/mol. The minimum absolute atomic E-state index is 0.00221. The first-order valence-corrected chi connectivity index (χ1v) is 13.1. The van der Waals surface area contributed by atoms with Crippen LogP contribution in [-0.2, 0) is 6.54 Å². The molecule has 0 radical (unpaired) electrons. The van der Waals surface area contributed by atoms with Crippen LogP contribution in [0.5, 0.6) is 0 Å². The van der Waals surface area contributed by atoms with E-state index in [2.05, 4.69) is 15.0 Å². The van der Waals surface area contributed by atoms with E-state index in [4.69, 9.17) is 10.7 Å². The zero-order valence-corrected chi connectivity index (χ0v) is 22.1. The number of aromatic nitrogens is 5. The molecular formula is C29H28F2N8O. The van der Waals surface area contributed by atoms with E-state index in [1.54, 1.807) is 53.7 Å². The lowest BCUT2D eigenvalue weighted by Gasteiger charge is -2.31. The lowest BCUT2D eigenvalue weighted by atomic mass is 10.0. The fourth-order valence-electron chi connectivity index (χ4n) is 5.38. The van der Waals surface area contributed by atoms with Crippen molar-refractivity contribution in [2.24, 2.45) is 5.73 Å². The van der Waals surface area contributed by atoms with E-state index < -0.39 is 17.2 Å². The first-order valence-electron chi connectivity index (χ1n) is 13.1. The van der Waals surface area contributed by atoms with Gasteiger partial charge in [-0.25, -0.2) is 18.7 Å². The number of benzene rings is 2. The highest BCUT2D eigenvalue weighted by atomic mass is 19.1. The Hall–Kier alpha value is -4.40. The number of fused-ring (bicyclic) bond motifs is 2. The van der Waals surface area contributed by atoms with Crippen LogP contribution in [0.1, 0.15) is 32.3 Å². The third kappa shape index (κ3) is 4.55. The molecule has 1 aliphatic heterocycles. The Morgan fingerprint density at radius 2 is 2.02 bits per heavy atom. The van der Waals surface area contributed by atoms with Gasteiger partial charge in [-0.15, -0.1) is 0 Å². The summed E-state index contributed by atoms with van der Waals surface area (Å²) >= 11 is 0. The van der Waals surface area contributed by atoms with Crippen LogP contribution < -0.4 is 10.6 Å². The average Bonchev–Trinajstić information content (AvgIpc) is 3.48. The van der Waals surface area contributed by atoms with Gasteiger partial charge in [0.1, 0.15) is 17.7 Å². The first-order chi connectivity index (χ1) is 19.1. The molecular weight excluding hydrogens is 514 g/mol. The summed E-state index contributed by atoms with van der Waals surface area (Å²) in [5.74, 6) is -0.605. The predicted octanol–water partition coefficient (Wildman–Crippen LogP) is 4.26. The van der Waals surface area contributed by atoms with Crippen LogP contribution in [0.4, 0.5) is 14.6 Å². The lowest BCUT2D eigenvalue weighted by molar-refractivity contribution is 0.0591. The number of aliphatic hydroxyl groups is 1. The minimum Gasteiger partial charge on any atom is -0.389 e. The molecule has 1 aliphatic rings. The van der Waals surface area contributed by atoms with E-state index >= 15 is 4.39 Å². The van der Waals surface area contributed by atoms with Gasteiger partial charge in [0.25, 0.3) is 0 Å². The van der Waals surface area contributed by atoms with Crippen molar-refractivity contribution in [1.82, 2.24) is 24.1 Å². The Labute approximate surface area is 229 Å². The fraction of sp³-hybridized carbons (Fsp3) is 0.310. The number of nitriles is 1. The molecule has 1 saturated heterocycles. The topological polar surface area (TPSA) is 121 Å². The number of hydrogen-bond acceptors (Lipinski definition) is 7. The Balaban J connectivity index is 1.59. The Kier molecular flexibility index (Phi) is 6.24. The van der Waals surface area contributed by atoms with Gasteiger partial charge < -0.3 is 15.7 Å². The number of nitrogens with two attached hydrogens (primary N) is 1. The summed E-state index contributed by atoms with van der Waals surface area (Å²) in [6.45, 7) is 4.87. The van der Waals surface area contributed by atoms with Crippen molar-refractivity contribution in [3.8, 4) is 28.6 Å². The summed E-state index contributed by atoms with van der Waals surface area (Å²) in [5, 5.41) is 24.5. The molecule has 0 saturated carbocycles. The maximum absolute atomic E-state index is 16.0. The number of hydrogen-bond donors (Lipinski definition) is 2. The van der Waals surface area contributed by atoms with Gasteiger partial charge >= 0.3 is 0 Å². The molecule has 4 heterocycles. The zero-order valence-electron chi connectivity index (χ0n) is 22.1. The molecule has 6 rings (SSSR count). The standard InChI is InChI=1S/C29H28F2N8O/c1-29(2,40)16-39-24-12-23(31)21(10-19(24)14-35-39)26-25(17-5-6-18(13-32)22(30)11-17)36-28-27(34-7-9-38(26)28)37-8-3-4-20(33)15-37/h5-7,9-12,14,20,40H,3-4,8,15-16,33H2,1-2H3/t20-/m1/s1. The van der Waals surface area contributed by atoms with E-state index in [0.29, 0.717) is 45.9 Å². The molecule has 3 N–H and O–H groups in total. The first kappa shape index (κ1) is 25.9. The van der Waals surface area contributed by atoms with Crippen LogP contribution in [0.2, 0.25) is 0 Å². The van der Waals surface area contributed by atoms with Crippen molar-refractivity contribution in [1.29, 1.82) is 5.26 Å². The number of rotatable bonds is 5. The molecule has 40 heavy (non-hydrogen) atoms. The summed E-state index contributed by atoms with van der Waals surface area (Å²) in [5.41, 5.74) is 7.54. The normalized spacial score (nSPS) is 16.1. The fourth-order valence-corrected chi connectivity index (χ4v) is 5.38. The minimum atomic E-state index is -1.04. The van der Waals surface area contributed by atoms with Crippen molar-refractivity contribution < 1.29 is 13.9 Å². The summed E-state index contributed by atoms with van der Waals surface area (Å²) < 4.78 is 34.1. The molecule has 0 spiro atoms. The van der Waals surface area contributed by atoms with Crippen molar-refractivity contribution in [2.75, 3.05) is 18.0 Å². The van der Waals surface area contributed by atoms with E-state index in [0.717, 1.165) is 19.4 Å². The highest BCUT2D eigenvalue weighted by molar-refractivity contribution is 5.90. The SMILES string of the molecule is CC(C)(O)Cn1ncc2cc(-c3c(-c4ccc(C#N)c(F)c4)nc4c(N5CCC[C@@H](N)C5)nccn34)c(F)cc21. The van der Waals surface area contributed by atoms with E-state index in [1.807, 2.05) is 6.07 Å². The smallest absolute Gasteiger partial charge is 0.181 e. The van der Waals surface area contributed by atoms with Gasteiger partial charge in [0, 0.05) is 54.1 Å². The maximum atomic E-state index is 16.0. The predicted molar refractivity (Wildman–Crippen MR) is 148 cm³/mol. The molecule has 3 aromatic heterocycles. The Morgan fingerprint density at radius 1 is 1.20 bits per heavy atom. The van der Waals surface area contributed by atoms with Gasteiger partial charge in [-0.05, 0) is 44.9 Å². The van der Waals surface area contributed by atoms with Crippen LogP contribution >= 0.6 is 0 Å². The second kappa shape index (κ2) is 9.66. The quantitative estimate of drug-likeness (QED) is 0.340. The third-order valence-corrected chi connectivity index (χ3v) is 7.17. The highest BCUT2D eigenvalue weighted by Gasteiger charge is 2.26. The highest BCUT2D eigenvalue weighted by Crippen LogP contribution is 2.38. The van der Waals surface area contributed by atoms with E-state index in [9.17, 15) is 14.8 Å². The van der Waals surface area contributed by atoms with E-state index in [-0.39, 0.29) is 23.7 Å². The number of nitrogens with zero attached hydrogens (tertiary/aromatic N) is 7. The molecule has 0 amide bonds. The molecule has 0 unspecified atom stereocenters. The number of piperidine rings is 1. The maximum Gasteiger partial charge on any atom is 0.181 e. The second-order valence-corrected chi connectivity index (χ2v) is 10.9. The second-order valence-electron chi connectivity index (χ2n) is 10.9. The number of anilines is 1. The van der Waals surface area contributed by atoms with E-state index in [1.165, 1.54) is 18.2 Å². The molecule has 11 heteroatoms. The molecule has 0 bridgehead atoms. The lowest BCUT2D eigenvalue weighted by Crippen LogP contribution is -2.43. The zero-order chi connectivity index (χ0) is 28.2. The van der Waals surface area contributed by atoms with Crippen molar-refractivity contribution in [2.45, 2.75) is 44.9 Å². The molecule has 0 aliphatic carbocycles. The van der Waals surface area contributed by atoms with Crippen molar-refractivity contribution >= 4 is 22.4 Å². The summed E-state index contributed by atoms with van der Waals surface area (Å²) in [4.78, 5) is 11.6. The Morgan fingerprint density at radius 3 is 2.75 bits per heavy atom. The van der Waals surface area contributed by atoms with Crippen LogP contribution in [0.25, 0.3) is 39.1 Å². The summed E-state index contributed by atoms with van der Waals surface area (Å²) in [6.07, 6.45) is 6.79. The number of halogens is 2. The Bertz CT molecular complexity index is 1800. The van der Waals surface area contributed by atoms with Crippen LogP contribution in [0.3, 0.4) is 0 Å². The van der Waals surface area contributed by atoms with Gasteiger partial charge in [0.2, 0.25) is 0 Å². The molecule has 9 nitrogen and oxygen atoms in total. The van der Waals surface area contributed by atoms with Gasteiger partial charge in [-0.2, -0.15) is 10.4 Å². The summed E-state index contributed by atoms with van der Waals surface area (Å²) in [6, 6.07) is 9.14. The van der Waals surface area contributed by atoms with Gasteiger partial charge in [-0.1, -0.05) is 6.07 Å². The number of imidazole rings is 1. The third-order valence-electron chi connectivity index (χ3n) is 7.17. The molecule has 2 aromatic carbocycles. The molecule has 1 atom stereocenters. The van der Waals surface area contributed by atoms with Gasteiger partial charge in [-0.3, -0.25) is 9.08 Å². The largest absolute Gasteiger partial charge is 0.389 e. The van der Waals surface area contributed by atoms with Gasteiger partial charge in [0.05, 0.1) is 40.8 Å². The van der Waals surface area contributed by atoms with Crippen LogP contribution in [0, 0.1) is 23.0 Å². The van der Waals surface area contributed by atoms with Crippen molar-refractivity contribution in [3.05, 3.63) is 66.1 Å². The molecule has 204 valence electrons. The summed E-state index contributed by atoms with van der Waals surface area (Å²) in [7, 11) is 0.